The van der Waals surface area contributed by atoms with Gasteiger partial charge in [-0.2, -0.15) is 18.3 Å². The minimum Gasteiger partial charge on any atom is -0.267 e. The molecule has 0 aliphatic heterocycles. The number of halogens is 3. The van der Waals surface area contributed by atoms with E-state index >= 15 is 0 Å². The molecule has 0 bridgehead atoms. The third kappa shape index (κ3) is 5.96. The first-order chi connectivity index (χ1) is 13.9. The summed E-state index contributed by atoms with van der Waals surface area (Å²) in [5, 5.41) is 3.66. The molecule has 0 fully saturated rings. The van der Waals surface area contributed by atoms with Gasteiger partial charge in [0.25, 0.3) is 5.91 Å². The maximum atomic E-state index is 13.0. The van der Waals surface area contributed by atoms with E-state index in [1.54, 1.807) is 23.9 Å². The number of hydrogen-bond acceptors (Lipinski definition) is 3. The molecule has 3 nitrogen and oxygen atoms in total. The van der Waals surface area contributed by atoms with E-state index in [1.807, 2.05) is 42.5 Å². The van der Waals surface area contributed by atoms with Crippen LogP contribution >= 0.6 is 11.8 Å². The predicted octanol–water partition coefficient (Wildman–Crippen LogP) is 5.76. The monoisotopic (exact) mass is 414 g/mol. The summed E-state index contributed by atoms with van der Waals surface area (Å²) < 4.78 is 38.9. The average Bonchev–Trinajstić information content (AvgIpc) is 2.73. The molecule has 3 aromatic rings. The van der Waals surface area contributed by atoms with Crippen molar-refractivity contribution in [2.75, 3.05) is 0 Å². The highest BCUT2D eigenvalue weighted by molar-refractivity contribution is 7.98. The van der Waals surface area contributed by atoms with Crippen LogP contribution in [0.25, 0.3) is 0 Å². The Hall–Kier alpha value is -3.06. The molecule has 0 saturated heterocycles. The van der Waals surface area contributed by atoms with Crippen LogP contribution in [0.5, 0.6) is 0 Å². The number of hydrazone groups is 1. The van der Waals surface area contributed by atoms with Gasteiger partial charge >= 0.3 is 6.18 Å². The van der Waals surface area contributed by atoms with Crippen LogP contribution in [0, 0.1) is 0 Å². The zero-order chi connectivity index (χ0) is 20.7. The maximum absolute atomic E-state index is 13.0. The molecule has 3 rings (SSSR count). The van der Waals surface area contributed by atoms with Crippen LogP contribution in [-0.4, -0.2) is 12.1 Å². The highest BCUT2D eigenvalue weighted by Gasteiger charge is 2.32. The fraction of sp³-hybridized carbons (Fsp3) is 0.0909. The summed E-state index contributed by atoms with van der Waals surface area (Å²) in [6.07, 6.45) is -3.49. The lowest BCUT2D eigenvalue weighted by atomic mass is 10.1. The summed E-state index contributed by atoms with van der Waals surface area (Å²) in [7, 11) is 0. The highest BCUT2D eigenvalue weighted by Crippen LogP contribution is 2.31. The lowest BCUT2D eigenvalue weighted by molar-refractivity contribution is -0.137. The molecule has 0 unspecified atom stereocenters. The SMILES string of the molecule is O=C(N/N=C/c1ccccc1C(F)(F)F)c1ccc(CSc2ccccc2)cc1. The highest BCUT2D eigenvalue weighted by atomic mass is 32.2. The largest absolute Gasteiger partial charge is 0.417 e. The summed E-state index contributed by atoms with van der Waals surface area (Å²) >= 11 is 1.69. The Labute approximate surface area is 170 Å². The van der Waals surface area contributed by atoms with Crippen molar-refractivity contribution in [2.45, 2.75) is 16.8 Å². The van der Waals surface area contributed by atoms with Gasteiger partial charge in [-0.05, 0) is 35.9 Å². The second kappa shape index (κ2) is 9.43. The second-order valence-electron chi connectivity index (χ2n) is 6.08. The van der Waals surface area contributed by atoms with E-state index in [2.05, 4.69) is 10.5 Å². The van der Waals surface area contributed by atoms with Crippen LogP contribution in [0.3, 0.4) is 0 Å². The molecule has 0 atom stereocenters. The van der Waals surface area contributed by atoms with E-state index in [9.17, 15) is 18.0 Å². The number of alkyl halides is 3. The van der Waals surface area contributed by atoms with Gasteiger partial charge in [-0.25, -0.2) is 5.43 Å². The Morgan fingerprint density at radius 1 is 0.931 bits per heavy atom. The van der Waals surface area contributed by atoms with E-state index in [0.29, 0.717) is 5.56 Å². The molecule has 1 N–H and O–H groups in total. The molecule has 7 heteroatoms. The number of nitrogens with zero attached hydrogens (tertiary/aromatic N) is 1. The van der Waals surface area contributed by atoms with Crippen molar-refractivity contribution < 1.29 is 18.0 Å². The smallest absolute Gasteiger partial charge is 0.267 e. The number of hydrogen-bond donors (Lipinski definition) is 1. The van der Waals surface area contributed by atoms with Gasteiger partial charge in [-0.15, -0.1) is 11.8 Å². The molecule has 0 saturated carbocycles. The van der Waals surface area contributed by atoms with Crippen molar-refractivity contribution in [2.24, 2.45) is 5.10 Å². The fourth-order valence-corrected chi connectivity index (χ4v) is 3.40. The topological polar surface area (TPSA) is 41.5 Å². The zero-order valence-corrected chi connectivity index (χ0v) is 16.0. The van der Waals surface area contributed by atoms with Crippen LogP contribution in [0.4, 0.5) is 13.2 Å². The number of nitrogens with one attached hydrogen (secondary N) is 1. The van der Waals surface area contributed by atoms with Gasteiger partial charge in [0.2, 0.25) is 0 Å². The molecular weight excluding hydrogens is 397 g/mol. The first-order valence-electron chi connectivity index (χ1n) is 8.70. The molecule has 29 heavy (non-hydrogen) atoms. The lowest BCUT2D eigenvalue weighted by Crippen LogP contribution is -2.18. The normalized spacial score (nSPS) is 11.6. The van der Waals surface area contributed by atoms with Gasteiger partial charge in [0.15, 0.2) is 0 Å². The summed E-state index contributed by atoms with van der Waals surface area (Å²) in [5.74, 6) is 0.270. The third-order valence-corrected chi connectivity index (χ3v) is 5.08. The summed E-state index contributed by atoms with van der Waals surface area (Å²) in [5.41, 5.74) is 2.77. The van der Waals surface area contributed by atoms with Crippen molar-refractivity contribution in [3.63, 3.8) is 0 Å². The first-order valence-corrected chi connectivity index (χ1v) is 9.68. The summed E-state index contributed by atoms with van der Waals surface area (Å²) in [6, 6.07) is 22.0. The Morgan fingerprint density at radius 3 is 2.28 bits per heavy atom. The van der Waals surface area contributed by atoms with Crippen LogP contribution < -0.4 is 5.43 Å². The van der Waals surface area contributed by atoms with E-state index in [4.69, 9.17) is 0 Å². The van der Waals surface area contributed by atoms with Crippen LogP contribution in [0.1, 0.15) is 27.0 Å². The van der Waals surface area contributed by atoms with E-state index in [1.165, 1.54) is 18.2 Å². The molecule has 3 aromatic carbocycles. The fourth-order valence-electron chi connectivity index (χ4n) is 2.53. The second-order valence-corrected chi connectivity index (χ2v) is 7.13. The molecule has 0 radical (unpaired) electrons. The summed E-state index contributed by atoms with van der Waals surface area (Å²) in [6.45, 7) is 0. The molecule has 1 amide bonds. The van der Waals surface area contributed by atoms with Gasteiger partial charge in [-0.1, -0.05) is 48.5 Å². The minimum absolute atomic E-state index is 0.117. The Bertz CT molecular complexity index is 987. The summed E-state index contributed by atoms with van der Waals surface area (Å²) in [4.78, 5) is 13.3. The maximum Gasteiger partial charge on any atom is 0.417 e. The molecular formula is C22H17F3N2OS. The van der Waals surface area contributed by atoms with Crippen molar-refractivity contribution in [3.05, 3.63) is 101 Å². The number of benzene rings is 3. The number of thioether (sulfide) groups is 1. The molecule has 0 aromatic heterocycles. The first kappa shape index (κ1) is 20.7. The Balaban J connectivity index is 1.58. The van der Waals surface area contributed by atoms with Crippen LogP contribution in [0.2, 0.25) is 0 Å². The Kier molecular flexibility index (Phi) is 6.72. The molecule has 0 aliphatic carbocycles. The zero-order valence-electron chi connectivity index (χ0n) is 15.2. The van der Waals surface area contributed by atoms with Crippen molar-refractivity contribution in [1.82, 2.24) is 5.43 Å². The van der Waals surface area contributed by atoms with Crippen molar-refractivity contribution in [1.29, 1.82) is 0 Å². The van der Waals surface area contributed by atoms with Crippen LogP contribution in [-0.2, 0) is 11.9 Å². The van der Waals surface area contributed by atoms with Crippen molar-refractivity contribution in [3.8, 4) is 0 Å². The molecule has 148 valence electrons. The van der Waals surface area contributed by atoms with Gasteiger partial charge in [0, 0.05) is 21.8 Å². The third-order valence-electron chi connectivity index (χ3n) is 4.00. The van der Waals surface area contributed by atoms with E-state index in [-0.39, 0.29) is 5.56 Å². The van der Waals surface area contributed by atoms with Crippen LogP contribution in [0.15, 0.2) is 88.9 Å². The Morgan fingerprint density at radius 2 is 1.59 bits per heavy atom. The quantitative estimate of drug-likeness (QED) is 0.316. The van der Waals surface area contributed by atoms with Crippen molar-refractivity contribution >= 4 is 23.9 Å². The molecule has 0 spiro atoms. The van der Waals surface area contributed by atoms with E-state index < -0.39 is 17.6 Å². The number of rotatable bonds is 6. The molecule has 0 heterocycles. The standard InChI is InChI=1S/C22H17F3N2OS/c23-22(24,25)20-9-5-4-6-18(20)14-26-27-21(28)17-12-10-16(11-13-17)15-29-19-7-2-1-3-8-19/h1-14H,15H2,(H,27,28)/b26-14+. The predicted molar refractivity (Wildman–Crippen MR) is 109 cm³/mol. The number of carbonyl (C=O) groups is 1. The average molecular weight is 414 g/mol. The van der Waals surface area contributed by atoms with Gasteiger partial charge < -0.3 is 0 Å². The minimum atomic E-state index is -4.49. The lowest BCUT2D eigenvalue weighted by Gasteiger charge is -2.09. The van der Waals surface area contributed by atoms with E-state index in [0.717, 1.165) is 28.5 Å². The molecule has 0 aliphatic rings. The number of amides is 1. The van der Waals surface area contributed by atoms with Gasteiger partial charge in [-0.3, -0.25) is 4.79 Å². The van der Waals surface area contributed by atoms with Gasteiger partial charge in [0.05, 0.1) is 11.8 Å². The van der Waals surface area contributed by atoms with Gasteiger partial charge in [0.1, 0.15) is 0 Å². The number of carbonyl (C=O) groups excluding carboxylic acids is 1.